The zero-order valence-electron chi connectivity index (χ0n) is 17.7. The Morgan fingerprint density at radius 1 is 0.900 bits per heavy atom. The maximum Gasteiger partial charge on any atom is 0.163 e. The molecule has 152 valence electrons. The van der Waals surface area contributed by atoms with Crippen LogP contribution in [0.5, 0.6) is 0 Å². The van der Waals surface area contributed by atoms with Crippen molar-refractivity contribution in [1.29, 1.82) is 0 Å². The zero-order valence-corrected chi connectivity index (χ0v) is 17.7. The van der Waals surface area contributed by atoms with Gasteiger partial charge in [-0.05, 0) is 23.0 Å². The first kappa shape index (κ1) is 18.7. The van der Waals surface area contributed by atoms with E-state index >= 15 is 0 Å². The normalized spacial score (nSPS) is 17.0. The van der Waals surface area contributed by atoms with Gasteiger partial charge >= 0.3 is 0 Å². The maximum absolute atomic E-state index is 11.0. The minimum atomic E-state index is 0.350. The number of fused-ring (bicyclic) bond motifs is 4. The van der Waals surface area contributed by atoms with Gasteiger partial charge in [0.2, 0.25) is 0 Å². The van der Waals surface area contributed by atoms with Crippen molar-refractivity contribution >= 4 is 23.1 Å². The van der Waals surface area contributed by atoms with E-state index in [0.29, 0.717) is 17.7 Å². The molecule has 0 saturated heterocycles. The number of benzene rings is 2. The third-order valence-electron chi connectivity index (χ3n) is 5.92. The number of amidine groups is 1. The summed E-state index contributed by atoms with van der Waals surface area (Å²) in [6.45, 7) is 8.85. The highest BCUT2D eigenvalue weighted by Gasteiger charge is 2.38. The fourth-order valence-electron chi connectivity index (χ4n) is 4.55. The molecule has 0 fully saturated rings. The topological polar surface area (TPSA) is 51.1 Å². The SMILES string of the molecule is CC(C)c1cccc(C(C)C)c1C1=CN(O)C2=c3ccccc3=C3NC=CN=C3N12. The van der Waals surface area contributed by atoms with Crippen LogP contribution in [0, 0.1) is 0 Å². The molecule has 3 aliphatic heterocycles. The standard InChI is InChI=1S/C25H26N4O/c1-15(2)17-10-7-11-18(16(3)4)22(17)21-14-28(30)25-20-9-6-5-8-19(20)23-24(29(21)25)27-13-12-26-23/h5-16,26,30H,1-4H3. The van der Waals surface area contributed by atoms with Gasteiger partial charge in [0, 0.05) is 28.4 Å². The molecule has 0 atom stereocenters. The van der Waals surface area contributed by atoms with Crippen LogP contribution in [0.4, 0.5) is 0 Å². The van der Waals surface area contributed by atoms with E-state index in [0.717, 1.165) is 27.7 Å². The van der Waals surface area contributed by atoms with Crippen LogP contribution in [-0.2, 0) is 0 Å². The van der Waals surface area contributed by atoms with E-state index in [2.05, 4.69) is 62.2 Å². The summed E-state index contributed by atoms with van der Waals surface area (Å²) < 4.78 is 0. The van der Waals surface area contributed by atoms with Crippen molar-refractivity contribution in [2.45, 2.75) is 39.5 Å². The van der Waals surface area contributed by atoms with Gasteiger partial charge in [-0.25, -0.2) is 10.1 Å². The van der Waals surface area contributed by atoms with Crippen LogP contribution in [-0.4, -0.2) is 21.0 Å². The van der Waals surface area contributed by atoms with E-state index < -0.39 is 0 Å². The van der Waals surface area contributed by atoms with Crippen LogP contribution in [0.25, 0.3) is 17.2 Å². The lowest BCUT2D eigenvalue weighted by molar-refractivity contribution is 0.0205. The Balaban J connectivity index is 1.84. The molecule has 0 aliphatic carbocycles. The van der Waals surface area contributed by atoms with E-state index in [9.17, 15) is 5.21 Å². The number of nitrogens with zero attached hydrogens (tertiary/aromatic N) is 3. The Morgan fingerprint density at radius 3 is 2.23 bits per heavy atom. The van der Waals surface area contributed by atoms with E-state index in [1.54, 1.807) is 6.20 Å². The van der Waals surface area contributed by atoms with Gasteiger partial charge in [-0.1, -0.05) is 70.2 Å². The zero-order chi connectivity index (χ0) is 21.0. The number of hydrogen-bond donors (Lipinski definition) is 2. The van der Waals surface area contributed by atoms with E-state index in [-0.39, 0.29) is 0 Å². The minimum Gasteiger partial charge on any atom is -0.357 e. The first-order chi connectivity index (χ1) is 14.5. The van der Waals surface area contributed by atoms with Crippen LogP contribution in [0.2, 0.25) is 0 Å². The Labute approximate surface area is 176 Å². The molecule has 0 amide bonds. The van der Waals surface area contributed by atoms with Gasteiger partial charge in [-0.15, -0.1) is 0 Å². The smallest absolute Gasteiger partial charge is 0.163 e. The van der Waals surface area contributed by atoms with Crippen molar-refractivity contribution in [3.8, 4) is 0 Å². The predicted octanol–water partition coefficient (Wildman–Crippen LogP) is 3.60. The molecule has 0 aromatic heterocycles. The van der Waals surface area contributed by atoms with Gasteiger partial charge < -0.3 is 5.32 Å². The molecule has 2 N–H and O–H groups in total. The first-order valence-corrected chi connectivity index (χ1v) is 10.5. The molecule has 2 aromatic carbocycles. The first-order valence-electron chi connectivity index (χ1n) is 10.5. The molecule has 2 aromatic rings. The second kappa shape index (κ2) is 6.89. The van der Waals surface area contributed by atoms with E-state index in [1.165, 1.54) is 21.8 Å². The van der Waals surface area contributed by atoms with E-state index in [1.807, 2.05) is 30.6 Å². The largest absolute Gasteiger partial charge is 0.357 e. The van der Waals surface area contributed by atoms with E-state index in [4.69, 9.17) is 4.99 Å². The van der Waals surface area contributed by atoms with Crippen molar-refractivity contribution in [2.24, 2.45) is 4.99 Å². The summed E-state index contributed by atoms with van der Waals surface area (Å²) in [5.74, 6) is 2.21. The molecular weight excluding hydrogens is 372 g/mol. The molecule has 0 bridgehead atoms. The maximum atomic E-state index is 11.0. The Bertz CT molecular complexity index is 1220. The molecule has 3 heterocycles. The molecular formula is C25H26N4O. The number of hydroxylamine groups is 2. The second-order valence-electron chi connectivity index (χ2n) is 8.47. The van der Waals surface area contributed by atoms with Gasteiger partial charge in [0.05, 0.1) is 17.6 Å². The lowest BCUT2D eigenvalue weighted by atomic mass is 9.86. The quantitative estimate of drug-likeness (QED) is 0.830. The third-order valence-corrected chi connectivity index (χ3v) is 5.92. The van der Waals surface area contributed by atoms with Crippen LogP contribution >= 0.6 is 0 Å². The number of hydrogen-bond acceptors (Lipinski definition) is 5. The van der Waals surface area contributed by atoms with Gasteiger partial charge in [0.25, 0.3) is 0 Å². The summed E-state index contributed by atoms with van der Waals surface area (Å²) in [5, 5.41) is 17.6. The monoisotopic (exact) mass is 398 g/mol. The number of rotatable bonds is 3. The Kier molecular flexibility index (Phi) is 4.29. The lowest BCUT2D eigenvalue weighted by Crippen LogP contribution is -2.49. The van der Waals surface area contributed by atoms with Gasteiger partial charge in [0.15, 0.2) is 11.7 Å². The number of nitrogens with one attached hydrogen (secondary N) is 1. The minimum absolute atomic E-state index is 0.350. The summed E-state index contributed by atoms with van der Waals surface area (Å²) in [5.41, 5.74) is 5.60. The van der Waals surface area contributed by atoms with Crippen LogP contribution < -0.4 is 15.8 Å². The van der Waals surface area contributed by atoms with Crippen molar-refractivity contribution in [2.75, 3.05) is 0 Å². The average Bonchev–Trinajstić information content (AvgIpc) is 3.10. The molecule has 3 aliphatic rings. The van der Waals surface area contributed by atoms with Crippen LogP contribution in [0.3, 0.4) is 0 Å². The van der Waals surface area contributed by atoms with Crippen molar-refractivity contribution < 1.29 is 5.21 Å². The highest BCUT2D eigenvalue weighted by molar-refractivity contribution is 6.23. The van der Waals surface area contributed by atoms with Crippen LogP contribution in [0.15, 0.2) is 66.1 Å². The predicted molar refractivity (Wildman–Crippen MR) is 120 cm³/mol. The van der Waals surface area contributed by atoms with Crippen molar-refractivity contribution in [3.63, 3.8) is 0 Å². The van der Waals surface area contributed by atoms with Gasteiger partial charge in [-0.2, -0.15) is 0 Å². The molecule has 5 heteroatoms. The lowest BCUT2D eigenvalue weighted by Gasteiger charge is -2.33. The molecule has 0 radical (unpaired) electrons. The van der Waals surface area contributed by atoms with Crippen molar-refractivity contribution in [3.05, 3.63) is 88.2 Å². The summed E-state index contributed by atoms with van der Waals surface area (Å²) >= 11 is 0. The summed E-state index contributed by atoms with van der Waals surface area (Å²) in [6.07, 6.45) is 5.43. The summed E-state index contributed by atoms with van der Waals surface area (Å²) in [7, 11) is 0. The molecule has 5 nitrogen and oxygen atoms in total. The summed E-state index contributed by atoms with van der Waals surface area (Å²) in [4.78, 5) is 6.80. The molecule has 5 rings (SSSR count). The van der Waals surface area contributed by atoms with Gasteiger partial charge in [-0.3, -0.25) is 10.1 Å². The Morgan fingerprint density at radius 2 is 1.57 bits per heavy atom. The summed E-state index contributed by atoms with van der Waals surface area (Å²) in [6, 6.07) is 14.6. The molecule has 30 heavy (non-hydrogen) atoms. The second-order valence-corrected chi connectivity index (χ2v) is 8.47. The third kappa shape index (κ3) is 2.62. The highest BCUT2D eigenvalue weighted by Crippen LogP contribution is 2.41. The number of aliphatic imine (C=N–C) groups is 1. The van der Waals surface area contributed by atoms with Crippen LogP contribution in [0.1, 0.15) is 56.2 Å². The Hall–Kier alpha value is -3.31. The fourth-order valence-corrected chi connectivity index (χ4v) is 4.55. The molecule has 0 unspecified atom stereocenters. The molecule has 0 spiro atoms. The average molecular weight is 399 g/mol. The molecule has 0 saturated carbocycles. The fraction of sp³-hybridized carbons (Fsp3) is 0.240. The van der Waals surface area contributed by atoms with Crippen molar-refractivity contribution in [1.82, 2.24) is 15.3 Å². The van der Waals surface area contributed by atoms with Gasteiger partial charge in [0.1, 0.15) is 0 Å². The highest BCUT2D eigenvalue weighted by atomic mass is 16.5.